The third kappa shape index (κ3) is 6.09. The maximum atomic E-state index is 13.5. The zero-order valence-corrected chi connectivity index (χ0v) is 17.6. The molecule has 31 heavy (non-hydrogen) atoms. The van der Waals surface area contributed by atoms with Crippen LogP contribution in [0.5, 0.6) is 0 Å². The first-order valence-corrected chi connectivity index (χ1v) is 9.34. The van der Waals surface area contributed by atoms with Crippen molar-refractivity contribution in [2.75, 3.05) is 13.1 Å². The van der Waals surface area contributed by atoms with Crippen LogP contribution in [0.4, 0.5) is 22.4 Å². The van der Waals surface area contributed by atoms with Crippen molar-refractivity contribution in [2.24, 2.45) is 16.5 Å². The van der Waals surface area contributed by atoms with Gasteiger partial charge in [-0.3, -0.25) is 14.7 Å². The van der Waals surface area contributed by atoms with Gasteiger partial charge in [-0.05, 0) is 44.5 Å². The molecule has 1 aromatic rings. The Morgan fingerprint density at radius 3 is 2.32 bits per heavy atom. The van der Waals surface area contributed by atoms with Crippen LogP contribution in [0.15, 0.2) is 28.8 Å². The highest BCUT2D eigenvalue weighted by Gasteiger charge is 2.45. The minimum Gasteiger partial charge on any atom is -0.444 e. The number of primary amides is 1. The van der Waals surface area contributed by atoms with Gasteiger partial charge >= 0.3 is 12.3 Å². The van der Waals surface area contributed by atoms with Gasteiger partial charge in [-0.25, -0.2) is 9.18 Å². The minimum atomic E-state index is -4.82. The van der Waals surface area contributed by atoms with Crippen molar-refractivity contribution in [1.29, 1.82) is 0 Å². The lowest BCUT2D eigenvalue weighted by Gasteiger charge is -2.34. The summed E-state index contributed by atoms with van der Waals surface area (Å²) in [5.74, 6) is -1.94. The molecule has 0 spiro atoms. The standard InChI is InChI=1S/C19H21ClF4N4O3/c1-18(2,3)31-17(30)28-7-12(27-13(8-28)19(22,23)24)14(16(26)29)15(25)9-4-5-11(21)10(20)6-9/h4-6,13H,7-8,25H2,1-3H3,(H2,26,29). The maximum Gasteiger partial charge on any atom is 0.412 e. The SMILES string of the molecule is CC(C)(C)OC(=O)N1CC(C(C(N)=O)=C(N)c2ccc(F)c(Cl)c2)=NC(C(F)(F)F)C1. The first-order chi connectivity index (χ1) is 14.1. The second kappa shape index (κ2) is 8.74. The molecule has 0 saturated heterocycles. The van der Waals surface area contributed by atoms with Crippen LogP contribution in [0.25, 0.3) is 5.70 Å². The van der Waals surface area contributed by atoms with E-state index in [4.69, 9.17) is 27.8 Å². The van der Waals surface area contributed by atoms with Gasteiger partial charge in [0.2, 0.25) is 0 Å². The van der Waals surface area contributed by atoms with Crippen LogP contribution in [0.1, 0.15) is 26.3 Å². The van der Waals surface area contributed by atoms with Crippen LogP contribution in [0, 0.1) is 5.82 Å². The van der Waals surface area contributed by atoms with Gasteiger partial charge < -0.3 is 16.2 Å². The van der Waals surface area contributed by atoms with E-state index in [-0.39, 0.29) is 16.3 Å². The number of hydrogen-bond donors (Lipinski definition) is 2. The Hall–Kier alpha value is -2.82. The first-order valence-electron chi connectivity index (χ1n) is 8.97. The number of benzene rings is 1. The summed E-state index contributed by atoms with van der Waals surface area (Å²) < 4.78 is 59.0. The summed E-state index contributed by atoms with van der Waals surface area (Å²) in [5.41, 5.74) is 9.06. The van der Waals surface area contributed by atoms with Crippen LogP contribution in [-0.4, -0.2) is 53.5 Å². The monoisotopic (exact) mass is 464 g/mol. The minimum absolute atomic E-state index is 0.0425. The fraction of sp³-hybridized carbons (Fsp3) is 0.421. The number of aliphatic imine (C=N–C) groups is 1. The van der Waals surface area contributed by atoms with Crippen molar-refractivity contribution >= 4 is 35.0 Å². The fourth-order valence-corrected chi connectivity index (χ4v) is 2.93. The second-order valence-corrected chi connectivity index (χ2v) is 8.18. The number of nitrogens with two attached hydrogens (primary N) is 2. The Kier molecular flexibility index (Phi) is 6.89. The molecule has 1 unspecified atom stereocenters. The average Bonchev–Trinajstić information content (AvgIpc) is 2.61. The second-order valence-electron chi connectivity index (χ2n) is 7.78. The molecular formula is C19H21ClF4N4O3. The molecule has 2 rings (SSSR count). The predicted molar refractivity (Wildman–Crippen MR) is 107 cm³/mol. The summed E-state index contributed by atoms with van der Waals surface area (Å²) in [6.45, 7) is 3.34. The van der Waals surface area contributed by atoms with E-state index < -0.39 is 60.0 Å². The van der Waals surface area contributed by atoms with E-state index in [0.29, 0.717) is 0 Å². The normalized spacial score (nSPS) is 18.3. The van der Waals surface area contributed by atoms with Gasteiger partial charge in [0.1, 0.15) is 11.4 Å². The smallest absolute Gasteiger partial charge is 0.412 e. The largest absolute Gasteiger partial charge is 0.444 e. The molecule has 7 nitrogen and oxygen atoms in total. The number of ether oxygens (including phenoxy) is 1. The van der Waals surface area contributed by atoms with Crippen molar-refractivity contribution in [3.8, 4) is 0 Å². The summed E-state index contributed by atoms with van der Waals surface area (Å²) in [7, 11) is 0. The van der Waals surface area contributed by atoms with Gasteiger partial charge in [0.25, 0.3) is 5.91 Å². The van der Waals surface area contributed by atoms with E-state index in [2.05, 4.69) is 4.99 Å². The lowest BCUT2D eigenvalue weighted by molar-refractivity contribution is -0.151. The van der Waals surface area contributed by atoms with Gasteiger partial charge in [0.05, 0.1) is 35.1 Å². The summed E-state index contributed by atoms with van der Waals surface area (Å²) in [5, 5.41) is -0.321. The van der Waals surface area contributed by atoms with Crippen LogP contribution in [0.3, 0.4) is 0 Å². The fourth-order valence-electron chi connectivity index (χ4n) is 2.75. The van der Waals surface area contributed by atoms with Crippen LogP contribution >= 0.6 is 11.6 Å². The van der Waals surface area contributed by atoms with Crippen molar-refractivity contribution in [3.05, 3.63) is 40.2 Å². The molecular weight excluding hydrogens is 444 g/mol. The predicted octanol–water partition coefficient (Wildman–Crippen LogP) is 3.26. The molecule has 170 valence electrons. The number of halogens is 5. The van der Waals surface area contributed by atoms with Crippen molar-refractivity contribution in [3.63, 3.8) is 0 Å². The molecule has 0 saturated carbocycles. The zero-order chi connectivity index (χ0) is 23.7. The Labute approximate surface area is 180 Å². The van der Waals surface area contributed by atoms with Crippen molar-refractivity contribution in [2.45, 2.75) is 38.6 Å². The maximum absolute atomic E-state index is 13.5. The van der Waals surface area contributed by atoms with Crippen molar-refractivity contribution in [1.82, 2.24) is 4.90 Å². The van der Waals surface area contributed by atoms with Gasteiger partial charge in [-0.1, -0.05) is 11.6 Å². The molecule has 2 amide bonds. The van der Waals surface area contributed by atoms with Gasteiger partial charge in [0, 0.05) is 0 Å². The Bertz CT molecular complexity index is 954. The highest BCUT2D eigenvalue weighted by Crippen LogP contribution is 2.29. The number of alkyl halides is 3. The molecule has 0 aliphatic carbocycles. The Morgan fingerprint density at radius 2 is 1.84 bits per heavy atom. The molecule has 1 aromatic carbocycles. The Morgan fingerprint density at radius 1 is 1.23 bits per heavy atom. The number of carbonyl (C=O) groups is 2. The summed E-state index contributed by atoms with van der Waals surface area (Å²) >= 11 is 5.72. The molecule has 0 aromatic heterocycles. The molecule has 1 heterocycles. The molecule has 1 aliphatic heterocycles. The van der Waals surface area contributed by atoms with Crippen LogP contribution < -0.4 is 11.5 Å². The highest BCUT2D eigenvalue weighted by molar-refractivity contribution is 6.31. The van der Waals surface area contributed by atoms with E-state index in [9.17, 15) is 27.2 Å². The third-order valence-corrected chi connectivity index (χ3v) is 4.40. The highest BCUT2D eigenvalue weighted by atomic mass is 35.5. The third-order valence-electron chi connectivity index (χ3n) is 4.11. The number of carbonyl (C=O) groups excluding carboxylic acids is 2. The number of amides is 2. The molecule has 0 bridgehead atoms. The number of hydrogen-bond acceptors (Lipinski definition) is 5. The zero-order valence-electron chi connectivity index (χ0n) is 16.9. The van der Waals surface area contributed by atoms with Crippen molar-refractivity contribution < 1.29 is 31.9 Å². The number of rotatable bonds is 3. The summed E-state index contributed by atoms with van der Waals surface area (Å²) in [6, 6.07) is 0.904. The Balaban J connectivity index is 2.57. The van der Waals surface area contributed by atoms with E-state index in [1.807, 2.05) is 0 Å². The topological polar surface area (TPSA) is 111 Å². The molecule has 0 radical (unpaired) electrons. The molecule has 1 aliphatic rings. The van der Waals surface area contributed by atoms with Gasteiger partial charge in [0.15, 0.2) is 6.04 Å². The lowest BCUT2D eigenvalue weighted by atomic mass is 9.99. The molecule has 0 fully saturated rings. The summed E-state index contributed by atoms with van der Waals surface area (Å²) in [4.78, 5) is 28.9. The molecule has 4 N–H and O–H groups in total. The van der Waals surface area contributed by atoms with Gasteiger partial charge in [-0.15, -0.1) is 0 Å². The summed E-state index contributed by atoms with van der Waals surface area (Å²) in [6.07, 6.45) is -5.84. The first kappa shape index (κ1) is 24.4. The van der Waals surface area contributed by atoms with Crippen LogP contribution in [0.2, 0.25) is 5.02 Å². The number of nitrogens with zero attached hydrogens (tertiary/aromatic N) is 2. The molecule has 1 atom stereocenters. The van der Waals surface area contributed by atoms with E-state index in [0.717, 1.165) is 17.0 Å². The van der Waals surface area contributed by atoms with E-state index in [1.54, 1.807) is 20.8 Å². The average molecular weight is 465 g/mol. The van der Waals surface area contributed by atoms with Crippen LogP contribution in [-0.2, 0) is 9.53 Å². The van der Waals surface area contributed by atoms with Gasteiger partial charge in [-0.2, -0.15) is 13.2 Å². The molecule has 12 heteroatoms. The van der Waals surface area contributed by atoms with E-state index >= 15 is 0 Å². The van der Waals surface area contributed by atoms with E-state index in [1.165, 1.54) is 6.07 Å². The quantitative estimate of drug-likeness (QED) is 0.528. The lowest BCUT2D eigenvalue weighted by Crippen LogP contribution is -2.51.